The molecule has 1 aliphatic rings. The smallest absolute Gasteiger partial charge is 0.0663 e. The van der Waals surface area contributed by atoms with Gasteiger partial charge in [0.15, 0.2) is 0 Å². The van der Waals surface area contributed by atoms with Gasteiger partial charge in [-0.2, -0.15) is 0 Å². The molecule has 2 heteroatoms. The van der Waals surface area contributed by atoms with E-state index >= 15 is 0 Å². The predicted molar refractivity (Wildman–Crippen MR) is 70.9 cm³/mol. The first-order valence-electron chi connectivity index (χ1n) is 6.70. The average molecular weight is 233 g/mol. The first-order chi connectivity index (χ1) is 8.27. The van der Waals surface area contributed by atoms with E-state index in [1.165, 1.54) is 43.2 Å². The Balaban J connectivity index is 1.84. The normalized spacial score (nSPS) is 19.2. The average Bonchev–Trinajstić information content (AvgIpc) is 2.38. The van der Waals surface area contributed by atoms with Crippen LogP contribution in [-0.4, -0.2) is 12.7 Å². The number of hydrogen-bond donors (Lipinski definition) is 1. The number of ether oxygens (including phenoxy) is 1. The Labute approximate surface area is 104 Å². The minimum Gasteiger partial charge on any atom is -0.376 e. The van der Waals surface area contributed by atoms with E-state index in [2.05, 4.69) is 19.1 Å². The van der Waals surface area contributed by atoms with E-state index in [-0.39, 0.29) is 6.04 Å². The molecule has 0 spiro atoms. The molecule has 0 bridgehead atoms. The number of benzene rings is 1. The zero-order valence-corrected chi connectivity index (χ0v) is 10.7. The highest BCUT2D eigenvalue weighted by Gasteiger charge is 2.16. The topological polar surface area (TPSA) is 35.2 Å². The fourth-order valence-electron chi connectivity index (χ4n) is 2.56. The Morgan fingerprint density at radius 3 is 2.65 bits per heavy atom. The third-order valence-corrected chi connectivity index (χ3v) is 3.65. The molecule has 0 aromatic heterocycles. The lowest BCUT2D eigenvalue weighted by Gasteiger charge is -2.24. The van der Waals surface area contributed by atoms with Crippen molar-refractivity contribution in [2.75, 3.05) is 6.61 Å². The van der Waals surface area contributed by atoms with Crippen LogP contribution in [-0.2, 0) is 4.74 Å². The molecule has 1 unspecified atom stereocenters. The summed E-state index contributed by atoms with van der Waals surface area (Å²) in [5, 5.41) is 0. The molecule has 2 N–H and O–H groups in total. The van der Waals surface area contributed by atoms with Gasteiger partial charge in [-0.05, 0) is 30.9 Å². The maximum absolute atomic E-state index is 6.19. The molecule has 0 aliphatic heterocycles. The van der Waals surface area contributed by atoms with Crippen molar-refractivity contribution >= 4 is 0 Å². The van der Waals surface area contributed by atoms with Crippen LogP contribution in [0.4, 0.5) is 0 Å². The first-order valence-corrected chi connectivity index (χ1v) is 6.70. The Hall–Kier alpha value is -0.860. The van der Waals surface area contributed by atoms with Crippen molar-refractivity contribution in [2.45, 2.75) is 51.2 Å². The van der Waals surface area contributed by atoms with Gasteiger partial charge < -0.3 is 10.5 Å². The molecule has 1 saturated carbocycles. The third kappa shape index (κ3) is 3.55. The molecular weight excluding hydrogens is 210 g/mol. The van der Waals surface area contributed by atoms with Crippen LogP contribution in [0.15, 0.2) is 24.3 Å². The molecule has 2 rings (SSSR count). The van der Waals surface area contributed by atoms with Crippen LogP contribution in [0.5, 0.6) is 0 Å². The summed E-state index contributed by atoms with van der Waals surface area (Å²) in [6, 6.07) is 8.31. The van der Waals surface area contributed by atoms with E-state index < -0.39 is 0 Å². The Morgan fingerprint density at radius 1 is 1.24 bits per heavy atom. The lowest BCUT2D eigenvalue weighted by Crippen LogP contribution is -2.24. The molecular formula is C15H23NO. The SMILES string of the molecule is Cc1ccccc1C(N)COC1CCCCC1. The van der Waals surface area contributed by atoms with E-state index in [0.29, 0.717) is 12.7 Å². The highest BCUT2D eigenvalue weighted by atomic mass is 16.5. The maximum atomic E-state index is 6.19. The predicted octanol–water partition coefficient (Wildman–Crippen LogP) is 3.34. The quantitative estimate of drug-likeness (QED) is 0.865. The lowest BCUT2D eigenvalue weighted by molar-refractivity contribution is 0.0205. The molecule has 17 heavy (non-hydrogen) atoms. The van der Waals surface area contributed by atoms with E-state index in [4.69, 9.17) is 10.5 Å². The van der Waals surface area contributed by atoms with E-state index in [1.54, 1.807) is 0 Å². The highest BCUT2D eigenvalue weighted by Crippen LogP contribution is 2.22. The molecule has 1 aromatic rings. The third-order valence-electron chi connectivity index (χ3n) is 3.65. The Morgan fingerprint density at radius 2 is 1.94 bits per heavy atom. The highest BCUT2D eigenvalue weighted by molar-refractivity contribution is 5.28. The molecule has 2 nitrogen and oxygen atoms in total. The maximum Gasteiger partial charge on any atom is 0.0663 e. The van der Waals surface area contributed by atoms with Gasteiger partial charge in [0.1, 0.15) is 0 Å². The molecule has 0 amide bonds. The van der Waals surface area contributed by atoms with Crippen molar-refractivity contribution in [3.8, 4) is 0 Å². The van der Waals surface area contributed by atoms with E-state index in [0.717, 1.165) is 0 Å². The fourth-order valence-corrected chi connectivity index (χ4v) is 2.56. The summed E-state index contributed by atoms with van der Waals surface area (Å²) >= 11 is 0. The number of hydrogen-bond acceptors (Lipinski definition) is 2. The second-order valence-electron chi connectivity index (χ2n) is 5.06. The molecule has 1 fully saturated rings. The van der Waals surface area contributed by atoms with Crippen molar-refractivity contribution in [1.29, 1.82) is 0 Å². The molecule has 1 aliphatic carbocycles. The van der Waals surface area contributed by atoms with Crippen LogP contribution in [0, 0.1) is 6.92 Å². The summed E-state index contributed by atoms with van der Waals surface area (Å²) in [5.74, 6) is 0. The first kappa shape index (κ1) is 12.6. The van der Waals surface area contributed by atoms with Crippen LogP contribution >= 0.6 is 0 Å². The van der Waals surface area contributed by atoms with Crippen molar-refractivity contribution in [3.05, 3.63) is 35.4 Å². The second-order valence-corrected chi connectivity index (χ2v) is 5.06. The van der Waals surface area contributed by atoms with Gasteiger partial charge in [0, 0.05) is 0 Å². The molecule has 0 heterocycles. The summed E-state index contributed by atoms with van der Waals surface area (Å²) in [4.78, 5) is 0. The largest absolute Gasteiger partial charge is 0.376 e. The zero-order valence-electron chi connectivity index (χ0n) is 10.7. The zero-order chi connectivity index (χ0) is 12.1. The van der Waals surface area contributed by atoms with E-state index in [1.807, 2.05) is 12.1 Å². The Kier molecular flexibility index (Phi) is 4.57. The molecule has 0 saturated heterocycles. The minimum atomic E-state index is 0.0122. The minimum absolute atomic E-state index is 0.0122. The van der Waals surface area contributed by atoms with Crippen LogP contribution in [0.1, 0.15) is 49.3 Å². The van der Waals surface area contributed by atoms with Gasteiger partial charge in [-0.15, -0.1) is 0 Å². The second kappa shape index (κ2) is 6.18. The van der Waals surface area contributed by atoms with Gasteiger partial charge in [0.05, 0.1) is 18.8 Å². The monoisotopic (exact) mass is 233 g/mol. The van der Waals surface area contributed by atoms with Crippen molar-refractivity contribution in [3.63, 3.8) is 0 Å². The Bertz CT molecular complexity index is 345. The van der Waals surface area contributed by atoms with E-state index in [9.17, 15) is 0 Å². The van der Waals surface area contributed by atoms with Gasteiger partial charge in [-0.1, -0.05) is 43.5 Å². The van der Waals surface area contributed by atoms with Gasteiger partial charge in [-0.25, -0.2) is 0 Å². The van der Waals surface area contributed by atoms with Crippen molar-refractivity contribution in [2.24, 2.45) is 5.73 Å². The summed E-state index contributed by atoms with van der Waals surface area (Å²) in [7, 11) is 0. The number of rotatable bonds is 4. The standard InChI is InChI=1S/C15H23NO/c1-12-7-5-6-10-14(12)15(16)11-17-13-8-3-2-4-9-13/h5-7,10,13,15H,2-4,8-9,11,16H2,1H3. The lowest BCUT2D eigenvalue weighted by atomic mass is 9.97. The number of aryl methyl sites for hydroxylation is 1. The molecule has 94 valence electrons. The molecule has 0 radical (unpaired) electrons. The summed E-state index contributed by atoms with van der Waals surface area (Å²) in [6.45, 7) is 2.76. The number of nitrogens with two attached hydrogens (primary N) is 1. The van der Waals surface area contributed by atoms with Gasteiger partial charge in [0.2, 0.25) is 0 Å². The summed E-state index contributed by atoms with van der Waals surface area (Å²) in [6.07, 6.45) is 6.85. The van der Waals surface area contributed by atoms with Gasteiger partial charge >= 0.3 is 0 Å². The van der Waals surface area contributed by atoms with Crippen molar-refractivity contribution < 1.29 is 4.74 Å². The van der Waals surface area contributed by atoms with Crippen LogP contribution < -0.4 is 5.73 Å². The summed E-state index contributed by atoms with van der Waals surface area (Å²) in [5.41, 5.74) is 8.66. The van der Waals surface area contributed by atoms with Crippen LogP contribution in [0.3, 0.4) is 0 Å². The fraction of sp³-hybridized carbons (Fsp3) is 0.600. The molecule has 1 aromatic carbocycles. The molecule has 1 atom stereocenters. The van der Waals surface area contributed by atoms with Gasteiger partial charge in [-0.3, -0.25) is 0 Å². The summed E-state index contributed by atoms with van der Waals surface area (Å²) < 4.78 is 5.93. The van der Waals surface area contributed by atoms with Crippen molar-refractivity contribution in [1.82, 2.24) is 0 Å². The van der Waals surface area contributed by atoms with Crippen LogP contribution in [0.25, 0.3) is 0 Å². The van der Waals surface area contributed by atoms with Crippen LogP contribution in [0.2, 0.25) is 0 Å². The van der Waals surface area contributed by atoms with Gasteiger partial charge in [0.25, 0.3) is 0 Å².